The number of hydrogen-bond donors (Lipinski definition) is 1. The summed E-state index contributed by atoms with van der Waals surface area (Å²) in [5, 5.41) is 0. The van der Waals surface area contributed by atoms with Gasteiger partial charge in [0.25, 0.3) is 0 Å². The number of anilines is 1. The van der Waals surface area contributed by atoms with Gasteiger partial charge in [-0.25, -0.2) is 0 Å². The summed E-state index contributed by atoms with van der Waals surface area (Å²) >= 11 is 0. The number of rotatable bonds is 4. The number of piperidine rings is 1. The van der Waals surface area contributed by atoms with Gasteiger partial charge >= 0.3 is 5.92 Å². The van der Waals surface area contributed by atoms with Crippen LogP contribution in [0.2, 0.25) is 0 Å². The van der Waals surface area contributed by atoms with Crippen LogP contribution in [0.25, 0.3) is 0 Å². The van der Waals surface area contributed by atoms with Crippen LogP contribution in [-0.2, 0) is 5.92 Å². The van der Waals surface area contributed by atoms with Crippen LogP contribution in [0.15, 0.2) is 41.7 Å². The van der Waals surface area contributed by atoms with E-state index in [1.165, 1.54) is 12.3 Å². The number of aliphatic imine (C=N–C) groups is 1. The first kappa shape index (κ1) is 16.2. The Morgan fingerprint density at radius 2 is 2.04 bits per heavy atom. The monoisotopic (exact) mass is 345 g/mol. The number of hydrogen-bond acceptors (Lipinski definition) is 4. The predicted molar refractivity (Wildman–Crippen MR) is 93.3 cm³/mol. The summed E-state index contributed by atoms with van der Waals surface area (Å²) in [6.07, 6.45) is 6.92. The van der Waals surface area contributed by atoms with Crippen molar-refractivity contribution in [2.45, 2.75) is 24.8 Å². The van der Waals surface area contributed by atoms with Gasteiger partial charge in [0.1, 0.15) is 18.2 Å². The van der Waals surface area contributed by atoms with Crippen LogP contribution in [0.5, 0.6) is 0 Å². The molecule has 0 radical (unpaired) electrons. The minimum atomic E-state index is -2.92. The van der Waals surface area contributed by atoms with Crippen molar-refractivity contribution >= 4 is 12.0 Å². The zero-order valence-electron chi connectivity index (χ0n) is 13.9. The Morgan fingerprint density at radius 1 is 1.20 bits per heavy atom. The molecular formula is C18H21F2N5. The molecule has 0 unspecified atom stereocenters. The van der Waals surface area contributed by atoms with Gasteiger partial charge in [0.2, 0.25) is 0 Å². The first-order valence-electron chi connectivity index (χ1n) is 8.59. The highest BCUT2D eigenvalue weighted by atomic mass is 19.3. The molecule has 0 saturated carbocycles. The number of likely N-dealkylation sites (tertiary alicyclic amines) is 1. The zero-order chi connectivity index (χ0) is 17.3. The number of H-pyrrole nitrogens is 1. The molecule has 0 atom stereocenters. The van der Waals surface area contributed by atoms with Gasteiger partial charge in [-0.05, 0) is 31.0 Å². The third kappa shape index (κ3) is 3.28. The SMILES string of the molecule is FC(F)(CN1CCC(N2CN=Cc3cc[nH]c32)CC1)c1ccccn1. The van der Waals surface area contributed by atoms with Crippen LogP contribution in [0.3, 0.4) is 0 Å². The number of nitrogens with zero attached hydrogens (tertiary/aromatic N) is 4. The minimum Gasteiger partial charge on any atom is -0.348 e. The van der Waals surface area contributed by atoms with Crippen LogP contribution in [-0.4, -0.2) is 53.4 Å². The molecule has 1 fully saturated rings. The zero-order valence-corrected chi connectivity index (χ0v) is 13.9. The standard InChI is InChI=1S/C18H21F2N5/c19-18(20,16-3-1-2-7-22-16)12-24-9-5-15(6-10-24)25-13-21-11-14-4-8-23-17(14)25/h1-4,7-8,11,15,23H,5-6,9-10,12-13H2. The number of aromatic nitrogens is 2. The van der Waals surface area contributed by atoms with Gasteiger partial charge in [0.15, 0.2) is 0 Å². The van der Waals surface area contributed by atoms with Crippen molar-refractivity contribution in [3.05, 3.63) is 47.9 Å². The summed E-state index contributed by atoms with van der Waals surface area (Å²) in [6, 6.07) is 6.99. The van der Waals surface area contributed by atoms with E-state index in [4.69, 9.17) is 0 Å². The van der Waals surface area contributed by atoms with Gasteiger partial charge in [-0.2, -0.15) is 8.78 Å². The maximum absolute atomic E-state index is 14.4. The van der Waals surface area contributed by atoms with Crippen LogP contribution in [0.1, 0.15) is 24.1 Å². The summed E-state index contributed by atoms with van der Waals surface area (Å²) in [5.41, 5.74) is 0.939. The number of nitrogens with one attached hydrogen (secondary N) is 1. The number of alkyl halides is 2. The highest BCUT2D eigenvalue weighted by Crippen LogP contribution is 2.31. The molecule has 132 valence electrons. The van der Waals surface area contributed by atoms with Crippen molar-refractivity contribution in [3.8, 4) is 0 Å². The highest BCUT2D eigenvalue weighted by molar-refractivity contribution is 5.88. The molecule has 2 aliphatic rings. The van der Waals surface area contributed by atoms with Crippen LogP contribution in [0.4, 0.5) is 14.6 Å². The Morgan fingerprint density at radius 3 is 2.80 bits per heavy atom. The molecular weight excluding hydrogens is 324 g/mol. The van der Waals surface area contributed by atoms with Gasteiger partial charge in [-0.3, -0.25) is 14.9 Å². The molecule has 0 aliphatic carbocycles. The Balaban J connectivity index is 1.37. The quantitative estimate of drug-likeness (QED) is 0.927. The van der Waals surface area contributed by atoms with Gasteiger partial charge in [-0.15, -0.1) is 0 Å². The summed E-state index contributed by atoms with van der Waals surface area (Å²) in [5.74, 6) is -1.83. The molecule has 1 saturated heterocycles. The number of fused-ring (bicyclic) bond motifs is 1. The molecule has 2 aromatic rings. The minimum absolute atomic E-state index is 0.154. The molecule has 5 nitrogen and oxygen atoms in total. The predicted octanol–water partition coefficient (Wildman–Crippen LogP) is 2.86. The van der Waals surface area contributed by atoms with Gasteiger partial charge in [0, 0.05) is 43.3 Å². The van der Waals surface area contributed by atoms with Crippen molar-refractivity contribution in [3.63, 3.8) is 0 Å². The third-order valence-electron chi connectivity index (χ3n) is 4.97. The van der Waals surface area contributed by atoms with Crippen molar-refractivity contribution in [1.82, 2.24) is 14.9 Å². The van der Waals surface area contributed by atoms with Crippen molar-refractivity contribution in [2.24, 2.45) is 4.99 Å². The van der Waals surface area contributed by atoms with Gasteiger partial charge in [0.05, 0.1) is 6.54 Å². The maximum Gasteiger partial charge on any atom is 0.302 e. The van der Waals surface area contributed by atoms with E-state index >= 15 is 0 Å². The third-order valence-corrected chi connectivity index (χ3v) is 4.97. The Bertz CT molecular complexity index is 735. The summed E-state index contributed by atoms with van der Waals surface area (Å²) in [7, 11) is 0. The number of halogens is 2. The Labute approximate surface area is 145 Å². The first-order chi connectivity index (χ1) is 12.1. The van der Waals surface area contributed by atoms with E-state index < -0.39 is 5.92 Å². The summed E-state index contributed by atoms with van der Waals surface area (Å²) < 4.78 is 28.8. The summed E-state index contributed by atoms with van der Waals surface area (Å²) in [4.78, 5) is 15.6. The summed E-state index contributed by atoms with van der Waals surface area (Å²) in [6.45, 7) is 1.66. The van der Waals surface area contributed by atoms with Gasteiger partial charge in [-0.1, -0.05) is 6.07 Å². The molecule has 0 amide bonds. The fourth-order valence-electron chi connectivity index (χ4n) is 3.65. The molecule has 1 N–H and O–H groups in total. The lowest BCUT2D eigenvalue weighted by Gasteiger charge is -2.40. The first-order valence-corrected chi connectivity index (χ1v) is 8.59. The molecule has 25 heavy (non-hydrogen) atoms. The van der Waals surface area contributed by atoms with Crippen LogP contribution in [0, 0.1) is 0 Å². The lowest BCUT2D eigenvalue weighted by Crippen LogP contribution is -2.48. The average Bonchev–Trinajstić information content (AvgIpc) is 3.12. The Hall–Kier alpha value is -2.28. The second kappa shape index (κ2) is 6.55. The maximum atomic E-state index is 14.4. The second-order valence-corrected chi connectivity index (χ2v) is 6.63. The van der Waals surface area contributed by atoms with E-state index in [0.29, 0.717) is 25.8 Å². The molecule has 4 heterocycles. The van der Waals surface area contributed by atoms with E-state index in [1.807, 2.05) is 23.4 Å². The largest absolute Gasteiger partial charge is 0.348 e. The highest BCUT2D eigenvalue weighted by Gasteiger charge is 2.37. The van der Waals surface area contributed by atoms with E-state index in [-0.39, 0.29) is 12.2 Å². The molecule has 0 spiro atoms. The van der Waals surface area contributed by atoms with E-state index in [1.54, 1.807) is 12.1 Å². The lowest BCUT2D eigenvalue weighted by atomic mass is 10.0. The molecule has 0 aromatic carbocycles. The van der Waals surface area contributed by atoms with E-state index in [0.717, 1.165) is 24.2 Å². The normalized spacial score (nSPS) is 19.2. The second-order valence-electron chi connectivity index (χ2n) is 6.63. The molecule has 2 aromatic heterocycles. The lowest BCUT2D eigenvalue weighted by molar-refractivity contribution is -0.0462. The van der Waals surface area contributed by atoms with Crippen molar-refractivity contribution in [2.75, 3.05) is 31.2 Å². The Kier molecular flexibility index (Phi) is 4.25. The fourth-order valence-corrected chi connectivity index (χ4v) is 3.65. The van der Waals surface area contributed by atoms with Crippen LogP contribution >= 0.6 is 0 Å². The number of pyridine rings is 1. The molecule has 4 rings (SSSR count). The van der Waals surface area contributed by atoms with E-state index in [9.17, 15) is 8.78 Å². The van der Waals surface area contributed by atoms with Crippen molar-refractivity contribution in [1.29, 1.82) is 0 Å². The van der Waals surface area contributed by atoms with Crippen molar-refractivity contribution < 1.29 is 8.78 Å². The number of aromatic amines is 1. The smallest absolute Gasteiger partial charge is 0.302 e. The van der Waals surface area contributed by atoms with Gasteiger partial charge < -0.3 is 9.88 Å². The van der Waals surface area contributed by atoms with Crippen LogP contribution < -0.4 is 4.90 Å². The average molecular weight is 345 g/mol. The van der Waals surface area contributed by atoms with E-state index in [2.05, 4.69) is 19.9 Å². The topological polar surface area (TPSA) is 47.5 Å². The fraction of sp³-hybridized carbons (Fsp3) is 0.444. The molecule has 7 heteroatoms. The molecule has 2 aliphatic heterocycles. The molecule has 0 bridgehead atoms.